The first-order valence-corrected chi connectivity index (χ1v) is 21.9. The second-order valence-electron chi connectivity index (χ2n) is 14.6. The van der Waals surface area contributed by atoms with Gasteiger partial charge in [0.1, 0.15) is 6.61 Å². The van der Waals surface area contributed by atoms with Gasteiger partial charge >= 0.3 is 11.9 Å². The summed E-state index contributed by atoms with van der Waals surface area (Å²) in [5.74, 6) is -0.407. The van der Waals surface area contributed by atoms with Crippen LogP contribution in [0.15, 0.2) is 24.3 Å². The third kappa shape index (κ3) is 39.2. The highest BCUT2D eigenvalue weighted by Crippen LogP contribution is 2.14. The summed E-state index contributed by atoms with van der Waals surface area (Å²) in [5, 5.41) is 0. The molecule has 0 saturated heterocycles. The van der Waals surface area contributed by atoms with E-state index in [2.05, 4.69) is 45.1 Å². The maximum absolute atomic E-state index is 12.6. The molecule has 5 heteroatoms. The van der Waals surface area contributed by atoms with Gasteiger partial charge in [0.2, 0.25) is 0 Å². The Bertz CT molecular complexity index is 761. The summed E-state index contributed by atoms with van der Waals surface area (Å²) in [4.78, 5) is 25.1. The van der Waals surface area contributed by atoms with Crippen molar-refractivity contribution in [1.29, 1.82) is 0 Å². The second-order valence-corrected chi connectivity index (χ2v) is 14.6. The Hall–Kier alpha value is -1.62. The molecule has 0 amide bonds. The fraction of sp³-hybridized carbons (Fsp3) is 0.867. The third-order valence-corrected chi connectivity index (χ3v) is 9.49. The molecule has 0 aromatic heterocycles. The number of rotatable bonds is 40. The lowest BCUT2D eigenvalue weighted by atomic mass is 10.1. The van der Waals surface area contributed by atoms with E-state index < -0.39 is 6.10 Å². The van der Waals surface area contributed by atoms with Crippen LogP contribution in [0, 0.1) is 0 Å². The van der Waals surface area contributed by atoms with Crippen LogP contribution in [0.2, 0.25) is 0 Å². The smallest absolute Gasteiger partial charge is 0.306 e. The fourth-order valence-electron chi connectivity index (χ4n) is 6.19. The van der Waals surface area contributed by atoms with Crippen molar-refractivity contribution in [2.75, 3.05) is 19.8 Å². The third-order valence-electron chi connectivity index (χ3n) is 9.49. The second kappa shape index (κ2) is 41.8. The number of esters is 2. The van der Waals surface area contributed by atoms with Gasteiger partial charge in [0, 0.05) is 19.4 Å². The summed E-state index contributed by atoms with van der Waals surface area (Å²) in [6, 6.07) is 0. The Balaban J connectivity index is 4.20. The zero-order chi connectivity index (χ0) is 36.4. The van der Waals surface area contributed by atoms with Crippen LogP contribution in [0.3, 0.4) is 0 Å². The molecule has 0 bridgehead atoms. The van der Waals surface area contributed by atoms with Crippen LogP contribution in [0.1, 0.15) is 226 Å². The van der Waals surface area contributed by atoms with Gasteiger partial charge in [0.05, 0.1) is 6.61 Å². The minimum atomic E-state index is -0.530. The minimum absolute atomic E-state index is 0.0840. The van der Waals surface area contributed by atoms with Crippen LogP contribution >= 0.6 is 0 Å². The molecule has 0 aliphatic heterocycles. The Morgan fingerprint density at radius 3 is 1.36 bits per heavy atom. The molecule has 1 atom stereocenters. The van der Waals surface area contributed by atoms with Gasteiger partial charge in [-0.3, -0.25) is 9.59 Å². The topological polar surface area (TPSA) is 61.8 Å². The average Bonchev–Trinajstić information content (AvgIpc) is 3.11. The Kier molecular flexibility index (Phi) is 40.4. The Labute approximate surface area is 311 Å². The summed E-state index contributed by atoms with van der Waals surface area (Å²) in [6.45, 7) is 7.78. The Morgan fingerprint density at radius 1 is 0.440 bits per heavy atom. The first kappa shape index (κ1) is 48.4. The van der Waals surface area contributed by atoms with Gasteiger partial charge in [-0.15, -0.1) is 0 Å². The SMILES string of the molecule is CCCCC/C=C\C/C=C\CCCCCCCC(=O)OCC(COCCCCCCCCCCCC)OC(=O)CCCCCCCCCCC. The zero-order valence-corrected chi connectivity index (χ0v) is 33.7. The number of hydrogen-bond acceptors (Lipinski definition) is 5. The van der Waals surface area contributed by atoms with Gasteiger partial charge < -0.3 is 14.2 Å². The standard InChI is InChI=1S/C45H84O5/c1-4-7-10-13-16-19-21-22-23-24-25-27-29-32-35-38-44(46)49-42-43(41-48-40-37-34-31-28-20-17-14-11-8-5-2)50-45(47)39-36-33-30-26-18-15-12-9-6-3/h16,19,22-23,43H,4-15,17-18,20-21,24-42H2,1-3H3/b19-16-,23-22-. The van der Waals surface area contributed by atoms with E-state index in [1.807, 2.05) is 0 Å². The fourth-order valence-corrected chi connectivity index (χ4v) is 6.19. The van der Waals surface area contributed by atoms with Gasteiger partial charge in [-0.1, -0.05) is 186 Å². The average molecular weight is 705 g/mol. The normalized spacial score (nSPS) is 12.3. The molecule has 1 unspecified atom stereocenters. The molecule has 0 heterocycles. The van der Waals surface area contributed by atoms with E-state index in [4.69, 9.17) is 14.2 Å². The highest BCUT2D eigenvalue weighted by molar-refractivity contribution is 5.70. The van der Waals surface area contributed by atoms with Crippen molar-refractivity contribution in [2.45, 2.75) is 232 Å². The molecule has 0 saturated carbocycles. The number of hydrogen-bond donors (Lipinski definition) is 0. The first-order chi connectivity index (χ1) is 24.6. The lowest BCUT2D eigenvalue weighted by Crippen LogP contribution is -2.30. The highest BCUT2D eigenvalue weighted by atomic mass is 16.6. The molecular weight excluding hydrogens is 620 g/mol. The summed E-state index contributed by atoms with van der Waals surface area (Å²) in [7, 11) is 0. The zero-order valence-electron chi connectivity index (χ0n) is 33.7. The lowest BCUT2D eigenvalue weighted by Gasteiger charge is -2.18. The van der Waals surface area contributed by atoms with Crippen LogP contribution in [-0.2, 0) is 23.8 Å². The predicted octanol–water partition coefficient (Wildman–Crippen LogP) is 14.1. The molecule has 0 aromatic carbocycles. The molecule has 0 rings (SSSR count). The monoisotopic (exact) mass is 705 g/mol. The van der Waals surface area contributed by atoms with Crippen molar-refractivity contribution < 1.29 is 23.8 Å². The number of ether oxygens (including phenoxy) is 3. The van der Waals surface area contributed by atoms with E-state index in [-0.39, 0.29) is 25.2 Å². The first-order valence-electron chi connectivity index (χ1n) is 21.9. The lowest BCUT2D eigenvalue weighted by molar-refractivity contribution is -0.163. The van der Waals surface area contributed by atoms with Crippen LogP contribution < -0.4 is 0 Å². The molecule has 0 aliphatic rings. The molecule has 0 aliphatic carbocycles. The van der Waals surface area contributed by atoms with Crippen LogP contribution in [0.25, 0.3) is 0 Å². The number of carbonyl (C=O) groups excluding carboxylic acids is 2. The summed E-state index contributed by atoms with van der Waals surface area (Å²) >= 11 is 0. The van der Waals surface area contributed by atoms with Gasteiger partial charge in [0.25, 0.3) is 0 Å². The molecule has 50 heavy (non-hydrogen) atoms. The van der Waals surface area contributed by atoms with Crippen molar-refractivity contribution in [2.24, 2.45) is 0 Å². The van der Waals surface area contributed by atoms with Crippen LogP contribution in [-0.4, -0.2) is 37.9 Å². The van der Waals surface area contributed by atoms with Gasteiger partial charge in [0.15, 0.2) is 6.10 Å². The van der Waals surface area contributed by atoms with Crippen molar-refractivity contribution in [3.8, 4) is 0 Å². The summed E-state index contributed by atoms with van der Waals surface area (Å²) < 4.78 is 17.2. The quantitative estimate of drug-likeness (QED) is 0.0361. The molecule has 0 spiro atoms. The number of unbranched alkanes of at least 4 members (excludes halogenated alkanes) is 25. The predicted molar refractivity (Wildman–Crippen MR) is 215 cm³/mol. The van der Waals surface area contributed by atoms with Crippen LogP contribution in [0.4, 0.5) is 0 Å². The van der Waals surface area contributed by atoms with Crippen LogP contribution in [0.5, 0.6) is 0 Å². The van der Waals surface area contributed by atoms with Gasteiger partial charge in [-0.05, 0) is 51.4 Å². The van der Waals surface area contributed by atoms with E-state index in [0.29, 0.717) is 19.4 Å². The largest absolute Gasteiger partial charge is 0.462 e. The van der Waals surface area contributed by atoms with E-state index >= 15 is 0 Å². The molecular formula is C45H84O5. The molecule has 0 radical (unpaired) electrons. The maximum atomic E-state index is 12.6. The Morgan fingerprint density at radius 2 is 0.840 bits per heavy atom. The van der Waals surface area contributed by atoms with E-state index in [0.717, 1.165) is 51.4 Å². The maximum Gasteiger partial charge on any atom is 0.306 e. The summed E-state index contributed by atoms with van der Waals surface area (Å²) in [6.07, 6.45) is 45.9. The molecule has 0 N–H and O–H groups in total. The van der Waals surface area contributed by atoms with E-state index in [1.165, 1.54) is 141 Å². The molecule has 0 fully saturated rings. The van der Waals surface area contributed by atoms with E-state index in [1.54, 1.807) is 0 Å². The van der Waals surface area contributed by atoms with Crippen molar-refractivity contribution in [3.63, 3.8) is 0 Å². The molecule has 0 aromatic rings. The van der Waals surface area contributed by atoms with Crippen molar-refractivity contribution in [1.82, 2.24) is 0 Å². The van der Waals surface area contributed by atoms with E-state index in [9.17, 15) is 9.59 Å². The number of carbonyl (C=O) groups is 2. The summed E-state index contributed by atoms with van der Waals surface area (Å²) in [5.41, 5.74) is 0. The van der Waals surface area contributed by atoms with Crippen molar-refractivity contribution in [3.05, 3.63) is 24.3 Å². The van der Waals surface area contributed by atoms with Gasteiger partial charge in [-0.2, -0.15) is 0 Å². The highest BCUT2D eigenvalue weighted by Gasteiger charge is 2.17. The number of allylic oxidation sites excluding steroid dienone is 4. The van der Waals surface area contributed by atoms with Crippen molar-refractivity contribution >= 4 is 11.9 Å². The molecule has 294 valence electrons. The van der Waals surface area contributed by atoms with Gasteiger partial charge in [-0.25, -0.2) is 0 Å². The minimum Gasteiger partial charge on any atom is -0.462 e. The molecule has 5 nitrogen and oxygen atoms in total.